The molecule has 66 valence electrons. The summed E-state index contributed by atoms with van der Waals surface area (Å²) < 4.78 is 24.2. The molecule has 0 aliphatic carbocycles. The van der Waals surface area contributed by atoms with Gasteiger partial charge < -0.3 is 4.98 Å². The van der Waals surface area contributed by atoms with Crippen molar-refractivity contribution in [2.75, 3.05) is 0 Å². The van der Waals surface area contributed by atoms with Gasteiger partial charge in [0.05, 0.1) is 9.13 Å². The number of rotatable bonds is 1. The summed E-state index contributed by atoms with van der Waals surface area (Å²) in [5.41, 5.74) is -1.27. The van der Waals surface area contributed by atoms with E-state index >= 15 is 0 Å². The van der Waals surface area contributed by atoms with Gasteiger partial charge in [0, 0.05) is 6.20 Å². The van der Waals surface area contributed by atoms with Gasteiger partial charge in [-0.25, -0.2) is 8.78 Å². The minimum Gasteiger partial charge on any atom is -0.351 e. The Balaban J connectivity index is 3.37. The number of pyridine rings is 1. The minimum absolute atomic E-state index is 0.0880. The third-order valence-electron chi connectivity index (χ3n) is 1.24. The second kappa shape index (κ2) is 3.69. The van der Waals surface area contributed by atoms with Crippen LogP contribution in [0, 0.1) is 3.57 Å². The summed E-state index contributed by atoms with van der Waals surface area (Å²) in [6.07, 6.45) is -1.84. The second-order valence-electron chi connectivity index (χ2n) is 2.00. The van der Waals surface area contributed by atoms with Gasteiger partial charge in [-0.2, -0.15) is 0 Å². The van der Waals surface area contributed by atoms with Gasteiger partial charge in [-0.3, -0.25) is 4.79 Å². The maximum Gasteiger partial charge on any atom is 0.269 e. The molecule has 12 heavy (non-hydrogen) atoms. The summed E-state index contributed by atoms with van der Waals surface area (Å²) in [5, 5.41) is 0.0880. The van der Waals surface area contributed by atoms with Crippen LogP contribution in [0.3, 0.4) is 0 Å². The number of aromatic nitrogens is 1. The molecule has 0 unspecified atom stereocenters. The summed E-state index contributed by atoms with van der Waals surface area (Å²) in [6, 6.07) is 0. The first-order chi connectivity index (χ1) is 5.54. The van der Waals surface area contributed by atoms with Crippen molar-refractivity contribution in [3.05, 3.63) is 30.7 Å². The predicted octanol–water partition coefficient (Wildman–Crippen LogP) is 2.57. The Kier molecular flexibility index (Phi) is 3.05. The van der Waals surface area contributed by atoms with E-state index in [2.05, 4.69) is 4.98 Å². The quantitative estimate of drug-likeness (QED) is 0.628. The molecule has 0 radical (unpaired) electrons. The van der Waals surface area contributed by atoms with Gasteiger partial charge in [0.1, 0.15) is 5.15 Å². The van der Waals surface area contributed by atoms with Crippen LogP contribution >= 0.6 is 34.2 Å². The smallest absolute Gasteiger partial charge is 0.269 e. The SMILES string of the molecule is O=c1c(C(F)F)c[nH]c(Cl)c1I. The van der Waals surface area contributed by atoms with Gasteiger partial charge in [-0.15, -0.1) is 0 Å². The van der Waals surface area contributed by atoms with Gasteiger partial charge in [-0.1, -0.05) is 11.6 Å². The third kappa shape index (κ3) is 1.77. The van der Waals surface area contributed by atoms with Gasteiger partial charge in [0.15, 0.2) is 0 Å². The second-order valence-corrected chi connectivity index (χ2v) is 3.46. The van der Waals surface area contributed by atoms with Crippen LogP contribution in [0.1, 0.15) is 12.0 Å². The van der Waals surface area contributed by atoms with E-state index in [0.29, 0.717) is 0 Å². The van der Waals surface area contributed by atoms with Crippen LogP contribution in [-0.2, 0) is 0 Å². The Morgan fingerprint density at radius 3 is 2.67 bits per heavy atom. The Labute approximate surface area is 85.1 Å². The molecule has 2 nitrogen and oxygen atoms in total. The predicted molar refractivity (Wildman–Crippen MR) is 49.7 cm³/mol. The van der Waals surface area contributed by atoms with Crippen LogP contribution < -0.4 is 5.43 Å². The zero-order valence-electron chi connectivity index (χ0n) is 5.57. The lowest BCUT2D eigenvalue weighted by Gasteiger charge is -2.00. The Hall–Kier alpha value is -0.170. The number of hydrogen-bond acceptors (Lipinski definition) is 1. The van der Waals surface area contributed by atoms with E-state index in [9.17, 15) is 13.6 Å². The monoisotopic (exact) mass is 305 g/mol. The molecule has 0 saturated carbocycles. The highest BCUT2D eigenvalue weighted by Crippen LogP contribution is 2.18. The van der Waals surface area contributed by atoms with Crippen molar-refractivity contribution in [2.24, 2.45) is 0 Å². The number of halogens is 4. The van der Waals surface area contributed by atoms with Gasteiger partial charge in [0.25, 0.3) is 6.43 Å². The summed E-state index contributed by atoms with van der Waals surface area (Å²) in [4.78, 5) is 13.4. The summed E-state index contributed by atoms with van der Waals surface area (Å²) in [6.45, 7) is 0. The molecule has 1 heterocycles. The molecular formula is C6H3ClF2INO. The number of alkyl halides is 2. The zero-order chi connectivity index (χ0) is 9.30. The van der Waals surface area contributed by atoms with E-state index in [0.717, 1.165) is 6.20 Å². The van der Waals surface area contributed by atoms with Crippen molar-refractivity contribution in [3.63, 3.8) is 0 Å². The molecule has 1 rings (SSSR count). The molecule has 0 saturated heterocycles. The molecule has 0 bridgehead atoms. The summed E-state index contributed by atoms with van der Waals surface area (Å²) in [7, 11) is 0. The van der Waals surface area contributed by atoms with Crippen LogP contribution in [0.5, 0.6) is 0 Å². The molecule has 0 aliphatic heterocycles. The first-order valence-corrected chi connectivity index (χ1v) is 4.34. The van der Waals surface area contributed by atoms with Crippen LogP contribution in [0.25, 0.3) is 0 Å². The van der Waals surface area contributed by atoms with Gasteiger partial charge >= 0.3 is 0 Å². The van der Waals surface area contributed by atoms with E-state index in [-0.39, 0.29) is 8.72 Å². The van der Waals surface area contributed by atoms with Crippen LogP contribution in [0.15, 0.2) is 11.0 Å². The van der Waals surface area contributed by atoms with Crippen molar-refractivity contribution in [2.45, 2.75) is 6.43 Å². The number of hydrogen-bond donors (Lipinski definition) is 1. The van der Waals surface area contributed by atoms with E-state index in [1.807, 2.05) is 0 Å². The van der Waals surface area contributed by atoms with Gasteiger partial charge in [-0.05, 0) is 22.6 Å². The van der Waals surface area contributed by atoms with Crippen molar-refractivity contribution >= 4 is 34.2 Å². The van der Waals surface area contributed by atoms with E-state index < -0.39 is 17.4 Å². The summed E-state index contributed by atoms with van der Waals surface area (Å²) in [5.74, 6) is 0. The number of aromatic amines is 1. The van der Waals surface area contributed by atoms with Crippen molar-refractivity contribution in [1.29, 1.82) is 0 Å². The van der Waals surface area contributed by atoms with Crippen LogP contribution in [0.2, 0.25) is 5.15 Å². The highest BCUT2D eigenvalue weighted by atomic mass is 127. The molecule has 1 N–H and O–H groups in total. The molecule has 1 aromatic heterocycles. The molecular weight excluding hydrogens is 302 g/mol. The summed E-state index contributed by atoms with van der Waals surface area (Å²) >= 11 is 7.10. The minimum atomic E-state index is -2.76. The average molecular weight is 305 g/mol. The maximum atomic E-state index is 12.1. The average Bonchev–Trinajstić information content (AvgIpc) is 2.00. The highest BCUT2D eigenvalue weighted by Gasteiger charge is 2.15. The lowest BCUT2D eigenvalue weighted by atomic mass is 10.3. The fourth-order valence-electron chi connectivity index (χ4n) is 0.659. The van der Waals surface area contributed by atoms with E-state index in [1.165, 1.54) is 0 Å². The molecule has 0 atom stereocenters. The molecule has 6 heteroatoms. The molecule has 0 aromatic carbocycles. The molecule has 0 aliphatic rings. The Morgan fingerprint density at radius 1 is 1.58 bits per heavy atom. The first kappa shape index (κ1) is 9.91. The third-order valence-corrected chi connectivity index (χ3v) is 2.89. The van der Waals surface area contributed by atoms with Crippen molar-refractivity contribution in [1.82, 2.24) is 4.98 Å². The van der Waals surface area contributed by atoms with Crippen LogP contribution in [0.4, 0.5) is 8.78 Å². The molecule has 0 fully saturated rings. The first-order valence-electron chi connectivity index (χ1n) is 2.88. The zero-order valence-corrected chi connectivity index (χ0v) is 8.49. The fourth-order valence-corrected chi connectivity index (χ4v) is 1.27. The maximum absolute atomic E-state index is 12.1. The molecule has 0 spiro atoms. The lowest BCUT2D eigenvalue weighted by molar-refractivity contribution is 0.149. The van der Waals surface area contributed by atoms with Crippen LogP contribution in [-0.4, -0.2) is 4.98 Å². The fraction of sp³-hybridized carbons (Fsp3) is 0.167. The molecule has 0 amide bonds. The normalized spacial score (nSPS) is 10.8. The van der Waals surface area contributed by atoms with E-state index in [4.69, 9.17) is 11.6 Å². The Bertz CT molecular complexity index is 352. The number of nitrogens with one attached hydrogen (secondary N) is 1. The standard InChI is InChI=1S/C6H3ClF2INO/c7-5-3(10)4(12)2(1-11-5)6(8)9/h1,6H,(H,11,12). The lowest BCUT2D eigenvalue weighted by Crippen LogP contribution is -2.13. The van der Waals surface area contributed by atoms with Crippen molar-refractivity contribution in [3.8, 4) is 0 Å². The molecule has 1 aromatic rings. The van der Waals surface area contributed by atoms with E-state index in [1.54, 1.807) is 22.6 Å². The van der Waals surface area contributed by atoms with Gasteiger partial charge in [0.2, 0.25) is 5.43 Å². The Morgan fingerprint density at radius 2 is 2.17 bits per heavy atom. The largest absolute Gasteiger partial charge is 0.351 e. The topological polar surface area (TPSA) is 32.9 Å². The van der Waals surface area contributed by atoms with Crippen molar-refractivity contribution < 1.29 is 8.78 Å². The highest BCUT2D eigenvalue weighted by molar-refractivity contribution is 14.1. The number of H-pyrrole nitrogens is 1.